The highest BCUT2D eigenvalue weighted by Gasteiger charge is 2.15. The number of thiophene rings is 1. The third kappa shape index (κ3) is 5.89. The van der Waals surface area contributed by atoms with Crippen molar-refractivity contribution >= 4 is 39.2 Å². The predicted octanol–water partition coefficient (Wildman–Crippen LogP) is 3.44. The number of carbonyl (C=O) groups is 1. The number of aliphatic hydroxyl groups excluding tert-OH is 1. The molecule has 1 rings (SSSR count). The Morgan fingerprint density at radius 2 is 2.16 bits per heavy atom. The highest BCUT2D eigenvalue weighted by atomic mass is 79.9. The third-order valence-corrected chi connectivity index (χ3v) is 4.66. The van der Waals surface area contributed by atoms with Crippen LogP contribution in [0.15, 0.2) is 22.0 Å². The van der Waals surface area contributed by atoms with Crippen molar-refractivity contribution in [2.45, 2.75) is 32.8 Å². The van der Waals surface area contributed by atoms with Gasteiger partial charge in [0.05, 0.1) is 9.89 Å². The van der Waals surface area contributed by atoms with Gasteiger partial charge in [0.2, 0.25) is 5.91 Å². The fraction of sp³-hybridized carbons (Fsp3) is 0.500. The standard InChI is InChI=1S/C14H20BrNO2S/c1-3-10(4-2)12(17)9-16-14(18)8-6-11-5-7-13(15)19-11/h5-8,10,12,17H,3-4,9H2,1-2H3,(H,16,18)/b8-6+. The first-order valence-corrected chi connectivity index (χ1v) is 8.07. The van der Waals surface area contributed by atoms with Gasteiger partial charge in [-0.15, -0.1) is 11.3 Å². The molecule has 1 aromatic rings. The first-order chi connectivity index (χ1) is 9.06. The molecule has 0 fully saturated rings. The van der Waals surface area contributed by atoms with Crippen molar-refractivity contribution in [2.75, 3.05) is 6.54 Å². The summed E-state index contributed by atoms with van der Waals surface area (Å²) in [5.74, 6) is 0.0760. The number of hydrogen-bond acceptors (Lipinski definition) is 3. The van der Waals surface area contributed by atoms with Gasteiger partial charge in [-0.1, -0.05) is 26.7 Å². The van der Waals surface area contributed by atoms with Crippen molar-refractivity contribution in [1.82, 2.24) is 5.32 Å². The Morgan fingerprint density at radius 1 is 1.47 bits per heavy atom. The van der Waals surface area contributed by atoms with E-state index < -0.39 is 6.10 Å². The maximum Gasteiger partial charge on any atom is 0.244 e. The maximum atomic E-state index is 11.6. The molecule has 3 nitrogen and oxygen atoms in total. The van der Waals surface area contributed by atoms with Gasteiger partial charge in [-0.25, -0.2) is 0 Å². The number of aliphatic hydroxyl groups is 1. The number of nitrogens with one attached hydrogen (secondary N) is 1. The van der Waals surface area contributed by atoms with E-state index >= 15 is 0 Å². The van der Waals surface area contributed by atoms with Gasteiger partial charge < -0.3 is 10.4 Å². The quantitative estimate of drug-likeness (QED) is 0.743. The predicted molar refractivity (Wildman–Crippen MR) is 84.1 cm³/mol. The fourth-order valence-electron chi connectivity index (χ4n) is 1.84. The summed E-state index contributed by atoms with van der Waals surface area (Å²) in [5, 5.41) is 12.6. The van der Waals surface area contributed by atoms with Gasteiger partial charge in [-0.05, 0) is 40.1 Å². The topological polar surface area (TPSA) is 49.3 Å². The molecular formula is C14H20BrNO2S. The Hall–Kier alpha value is -0.650. The summed E-state index contributed by atoms with van der Waals surface area (Å²) in [6.07, 6.45) is 4.65. The lowest BCUT2D eigenvalue weighted by Crippen LogP contribution is -2.35. The summed E-state index contributed by atoms with van der Waals surface area (Å²) in [4.78, 5) is 12.6. The summed E-state index contributed by atoms with van der Waals surface area (Å²) in [6, 6.07) is 3.89. The molecule has 1 amide bonds. The maximum absolute atomic E-state index is 11.6. The molecular weight excluding hydrogens is 326 g/mol. The minimum atomic E-state index is -0.469. The molecule has 1 atom stereocenters. The van der Waals surface area contributed by atoms with E-state index in [0.29, 0.717) is 6.54 Å². The minimum absolute atomic E-state index is 0.172. The van der Waals surface area contributed by atoms with Crippen molar-refractivity contribution in [3.63, 3.8) is 0 Å². The summed E-state index contributed by atoms with van der Waals surface area (Å²) < 4.78 is 1.04. The van der Waals surface area contributed by atoms with Gasteiger partial charge in [0.25, 0.3) is 0 Å². The van der Waals surface area contributed by atoms with Crippen LogP contribution in [0.25, 0.3) is 6.08 Å². The minimum Gasteiger partial charge on any atom is -0.391 e. The van der Waals surface area contributed by atoms with Crippen molar-refractivity contribution in [1.29, 1.82) is 0 Å². The van der Waals surface area contributed by atoms with E-state index in [4.69, 9.17) is 0 Å². The van der Waals surface area contributed by atoms with Crippen LogP contribution < -0.4 is 5.32 Å². The molecule has 0 aromatic carbocycles. The van der Waals surface area contributed by atoms with E-state index in [1.54, 1.807) is 17.4 Å². The van der Waals surface area contributed by atoms with Gasteiger partial charge in [0.1, 0.15) is 0 Å². The number of hydrogen-bond donors (Lipinski definition) is 2. The van der Waals surface area contributed by atoms with Crippen molar-refractivity contribution in [3.8, 4) is 0 Å². The molecule has 5 heteroatoms. The first kappa shape index (κ1) is 16.4. The van der Waals surface area contributed by atoms with E-state index in [0.717, 1.165) is 21.5 Å². The van der Waals surface area contributed by atoms with Crippen LogP contribution in [0.4, 0.5) is 0 Å². The molecule has 1 aromatic heterocycles. The number of rotatable bonds is 7. The first-order valence-electron chi connectivity index (χ1n) is 6.46. The molecule has 0 radical (unpaired) electrons. The van der Waals surface area contributed by atoms with Gasteiger partial charge in [0, 0.05) is 17.5 Å². The highest BCUT2D eigenvalue weighted by molar-refractivity contribution is 9.11. The monoisotopic (exact) mass is 345 g/mol. The summed E-state index contributed by atoms with van der Waals surface area (Å²) in [6.45, 7) is 4.41. The molecule has 0 saturated carbocycles. The average Bonchev–Trinajstić information content (AvgIpc) is 2.81. The molecule has 0 aliphatic rings. The summed E-state index contributed by atoms with van der Waals surface area (Å²) >= 11 is 4.94. The van der Waals surface area contributed by atoms with Crippen molar-refractivity contribution in [3.05, 3.63) is 26.9 Å². The summed E-state index contributed by atoms with van der Waals surface area (Å²) in [7, 11) is 0. The van der Waals surface area contributed by atoms with E-state index in [2.05, 4.69) is 21.2 Å². The Labute approximate surface area is 126 Å². The van der Waals surface area contributed by atoms with Crippen LogP contribution in [0, 0.1) is 5.92 Å². The lowest BCUT2D eigenvalue weighted by atomic mass is 9.96. The molecule has 1 unspecified atom stereocenters. The summed E-state index contributed by atoms with van der Waals surface area (Å²) in [5.41, 5.74) is 0. The molecule has 0 saturated heterocycles. The molecule has 0 aliphatic carbocycles. The molecule has 0 bridgehead atoms. The van der Waals surface area contributed by atoms with Gasteiger partial charge in [0.15, 0.2) is 0 Å². The Balaban J connectivity index is 2.37. The van der Waals surface area contributed by atoms with Crippen molar-refractivity contribution < 1.29 is 9.90 Å². The van der Waals surface area contributed by atoms with Gasteiger partial charge >= 0.3 is 0 Å². The smallest absolute Gasteiger partial charge is 0.244 e. The molecule has 1 heterocycles. The largest absolute Gasteiger partial charge is 0.391 e. The van der Waals surface area contributed by atoms with E-state index in [1.807, 2.05) is 26.0 Å². The zero-order valence-electron chi connectivity index (χ0n) is 11.2. The van der Waals surface area contributed by atoms with Crippen LogP contribution in [0.2, 0.25) is 0 Å². The van der Waals surface area contributed by atoms with E-state index in [1.165, 1.54) is 6.08 Å². The lowest BCUT2D eigenvalue weighted by molar-refractivity contribution is -0.117. The second-order valence-corrected chi connectivity index (χ2v) is 6.86. The molecule has 19 heavy (non-hydrogen) atoms. The van der Waals surface area contributed by atoms with E-state index in [-0.39, 0.29) is 11.8 Å². The Morgan fingerprint density at radius 3 is 2.68 bits per heavy atom. The third-order valence-electron chi connectivity index (χ3n) is 3.07. The van der Waals surface area contributed by atoms with Crippen molar-refractivity contribution in [2.24, 2.45) is 5.92 Å². The second-order valence-electron chi connectivity index (χ2n) is 4.36. The molecule has 2 N–H and O–H groups in total. The van der Waals surface area contributed by atoms with Crippen LogP contribution in [-0.2, 0) is 4.79 Å². The average molecular weight is 346 g/mol. The second kappa shape index (κ2) is 8.51. The molecule has 0 aliphatic heterocycles. The zero-order chi connectivity index (χ0) is 14.3. The highest BCUT2D eigenvalue weighted by Crippen LogP contribution is 2.22. The van der Waals surface area contributed by atoms with Crippen LogP contribution >= 0.6 is 27.3 Å². The lowest BCUT2D eigenvalue weighted by Gasteiger charge is -2.19. The number of carbonyl (C=O) groups excluding carboxylic acids is 1. The normalized spacial score (nSPS) is 13.1. The van der Waals surface area contributed by atoms with Gasteiger partial charge in [-0.2, -0.15) is 0 Å². The van der Waals surface area contributed by atoms with Crippen LogP contribution in [0.3, 0.4) is 0 Å². The van der Waals surface area contributed by atoms with E-state index in [9.17, 15) is 9.90 Å². The van der Waals surface area contributed by atoms with Gasteiger partial charge in [-0.3, -0.25) is 4.79 Å². The molecule has 0 spiro atoms. The van der Waals surface area contributed by atoms with Crippen LogP contribution in [0.5, 0.6) is 0 Å². The van der Waals surface area contributed by atoms with Crippen LogP contribution in [-0.4, -0.2) is 23.7 Å². The Kier molecular flexibility index (Phi) is 7.34. The Bertz CT molecular complexity index is 427. The fourth-order valence-corrected chi connectivity index (χ4v) is 3.17. The molecule has 106 valence electrons. The zero-order valence-corrected chi connectivity index (χ0v) is 13.6. The number of amides is 1. The number of halogens is 1. The van der Waals surface area contributed by atoms with Crippen LogP contribution in [0.1, 0.15) is 31.6 Å². The SMILES string of the molecule is CCC(CC)C(O)CNC(=O)/C=C/c1ccc(Br)s1.